The van der Waals surface area contributed by atoms with Gasteiger partial charge in [-0.2, -0.15) is 0 Å². The summed E-state index contributed by atoms with van der Waals surface area (Å²) in [7, 11) is 0. The lowest BCUT2D eigenvalue weighted by molar-refractivity contribution is -0.118. The lowest BCUT2D eigenvalue weighted by Crippen LogP contribution is -2.25. The molecule has 1 aromatic heterocycles. The highest BCUT2D eigenvalue weighted by Crippen LogP contribution is 2.25. The summed E-state index contributed by atoms with van der Waals surface area (Å²) in [5, 5.41) is 11.9. The van der Waals surface area contributed by atoms with E-state index in [9.17, 15) is 4.79 Å². The molecule has 22 heavy (non-hydrogen) atoms. The van der Waals surface area contributed by atoms with Crippen molar-refractivity contribution in [3.05, 3.63) is 29.8 Å². The molecule has 0 radical (unpaired) electrons. The lowest BCUT2D eigenvalue weighted by atomic mass is 10.1. The van der Waals surface area contributed by atoms with Gasteiger partial charge in [0.2, 0.25) is 5.91 Å². The maximum Gasteiger partial charge on any atom is 0.231 e. The molecule has 0 saturated heterocycles. The van der Waals surface area contributed by atoms with Gasteiger partial charge in [-0.1, -0.05) is 41.9 Å². The molecule has 1 aromatic carbocycles. The average Bonchev–Trinajstić information content (AvgIpc) is 2.94. The third-order valence-electron chi connectivity index (χ3n) is 3.14. The Morgan fingerprint density at radius 1 is 1.41 bits per heavy atom. The Morgan fingerprint density at radius 3 is 2.86 bits per heavy atom. The molecular weight excluding hydrogens is 296 g/mol. The number of rotatable bonds is 6. The number of amides is 1. The van der Waals surface area contributed by atoms with Gasteiger partial charge < -0.3 is 9.88 Å². The second-order valence-electron chi connectivity index (χ2n) is 4.63. The van der Waals surface area contributed by atoms with Crippen LogP contribution < -0.4 is 5.32 Å². The molecule has 0 atom stereocenters. The molecule has 1 N–H and O–H groups in total. The number of nitrogens with one attached hydrogen (secondary N) is 1. The van der Waals surface area contributed by atoms with Crippen LogP contribution in [0.1, 0.15) is 12.5 Å². The number of carbonyl (C=O) groups excluding carboxylic acids is 1. The quantitative estimate of drug-likeness (QED) is 0.655. The van der Waals surface area contributed by atoms with Gasteiger partial charge in [0.25, 0.3) is 0 Å². The van der Waals surface area contributed by atoms with Crippen LogP contribution in [0.15, 0.2) is 29.4 Å². The second kappa shape index (κ2) is 7.66. The molecular formula is C16H18N4OS. The molecule has 0 aliphatic heterocycles. The maximum absolute atomic E-state index is 11.6. The zero-order valence-electron chi connectivity index (χ0n) is 12.7. The van der Waals surface area contributed by atoms with Crippen LogP contribution in [0.3, 0.4) is 0 Å². The number of nitrogens with zero attached hydrogens (tertiary/aromatic N) is 3. The van der Waals surface area contributed by atoms with E-state index >= 15 is 0 Å². The standard InChI is InChI=1S/C16H18N4OS/c1-4-10-17-14(21)11-22-16-19-18-15(20(16)5-2)13-9-7-6-8-12(13)3/h1,6-9H,5,10-11H2,2-3H3,(H,17,21). The number of hydrogen-bond acceptors (Lipinski definition) is 4. The molecule has 6 heteroatoms. The van der Waals surface area contributed by atoms with Crippen molar-refractivity contribution in [1.82, 2.24) is 20.1 Å². The van der Waals surface area contributed by atoms with E-state index in [4.69, 9.17) is 6.42 Å². The highest BCUT2D eigenvalue weighted by Gasteiger charge is 2.15. The van der Waals surface area contributed by atoms with Crippen molar-refractivity contribution in [2.24, 2.45) is 0 Å². The Kier molecular flexibility index (Phi) is 5.61. The van der Waals surface area contributed by atoms with Crippen LogP contribution in [0.4, 0.5) is 0 Å². The molecule has 1 amide bonds. The number of aromatic nitrogens is 3. The predicted octanol–water partition coefficient (Wildman–Crippen LogP) is 2.11. The molecule has 0 unspecified atom stereocenters. The number of aryl methyl sites for hydroxylation is 1. The number of terminal acetylenes is 1. The van der Waals surface area contributed by atoms with Gasteiger partial charge in [-0.3, -0.25) is 4.79 Å². The molecule has 0 saturated carbocycles. The predicted molar refractivity (Wildman–Crippen MR) is 88.4 cm³/mol. The normalized spacial score (nSPS) is 10.2. The molecule has 2 rings (SSSR count). The van der Waals surface area contributed by atoms with Crippen LogP contribution in [0, 0.1) is 19.3 Å². The summed E-state index contributed by atoms with van der Waals surface area (Å²) in [6.45, 7) is 5.07. The Labute approximate surface area is 134 Å². The Morgan fingerprint density at radius 2 is 2.18 bits per heavy atom. The van der Waals surface area contributed by atoms with E-state index in [2.05, 4.69) is 21.4 Å². The molecule has 2 aromatic rings. The van der Waals surface area contributed by atoms with Crippen molar-refractivity contribution in [2.75, 3.05) is 12.3 Å². The summed E-state index contributed by atoms with van der Waals surface area (Å²) in [6.07, 6.45) is 5.11. The number of benzene rings is 1. The van der Waals surface area contributed by atoms with Crippen molar-refractivity contribution < 1.29 is 4.79 Å². The lowest BCUT2D eigenvalue weighted by Gasteiger charge is -2.09. The van der Waals surface area contributed by atoms with Crippen molar-refractivity contribution in [2.45, 2.75) is 25.5 Å². The smallest absolute Gasteiger partial charge is 0.231 e. The topological polar surface area (TPSA) is 59.8 Å². The molecule has 0 fully saturated rings. The largest absolute Gasteiger partial charge is 0.344 e. The number of carbonyl (C=O) groups is 1. The van der Waals surface area contributed by atoms with E-state index in [0.29, 0.717) is 0 Å². The molecule has 0 aliphatic rings. The van der Waals surface area contributed by atoms with Crippen molar-refractivity contribution in [3.63, 3.8) is 0 Å². The minimum atomic E-state index is -0.106. The fourth-order valence-corrected chi connectivity index (χ4v) is 2.87. The van der Waals surface area contributed by atoms with Gasteiger partial charge in [-0.15, -0.1) is 16.6 Å². The van der Waals surface area contributed by atoms with E-state index in [1.807, 2.05) is 42.7 Å². The number of hydrogen-bond donors (Lipinski definition) is 1. The SMILES string of the molecule is C#CCNC(=O)CSc1nnc(-c2ccccc2C)n1CC. The van der Waals surface area contributed by atoms with Crippen LogP contribution in [-0.4, -0.2) is 33.0 Å². The van der Waals surface area contributed by atoms with E-state index < -0.39 is 0 Å². The van der Waals surface area contributed by atoms with Gasteiger partial charge in [-0.25, -0.2) is 0 Å². The second-order valence-corrected chi connectivity index (χ2v) is 5.58. The van der Waals surface area contributed by atoms with E-state index in [1.165, 1.54) is 11.8 Å². The van der Waals surface area contributed by atoms with Gasteiger partial charge in [0, 0.05) is 12.1 Å². The minimum absolute atomic E-state index is 0.106. The third kappa shape index (κ3) is 3.68. The van der Waals surface area contributed by atoms with Crippen LogP contribution in [0.2, 0.25) is 0 Å². The summed E-state index contributed by atoms with van der Waals surface area (Å²) in [5.41, 5.74) is 2.20. The van der Waals surface area contributed by atoms with Crippen molar-refractivity contribution >= 4 is 17.7 Å². The van der Waals surface area contributed by atoms with Gasteiger partial charge in [0.1, 0.15) is 0 Å². The Hall–Kier alpha value is -2.26. The summed E-state index contributed by atoms with van der Waals surface area (Å²) in [5.74, 6) is 3.37. The maximum atomic E-state index is 11.6. The Bertz CT molecular complexity index is 702. The van der Waals surface area contributed by atoms with E-state index in [1.54, 1.807) is 0 Å². The van der Waals surface area contributed by atoms with Gasteiger partial charge in [0.05, 0.1) is 12.3 Å². The first kappa shape index (κ1) is 16.1. The van der Waals surface area contributed by atoms with Crippen LogP contribution in [-0.2, 0) is 11.3 Å². The van der Waals surface area contributed by atoms with Crippen LogP contribution >= 0.6 is 11.8 Å². The zero-order valence-corrected chi connectivity index (χ0v) is 13.5. The van der Waals surface area contributed by atoms with Gasteiger partial charge in [0.15, 0.2) is 11.0 Å². The summed E-state index contributed by atoms with van der Waals surface area (Å²) >= 11 is 1.36. The fraction of sp³-hybridized carbons (Fsp3) is 0.312. The Balaban J connectivity index is 2.17. The summed E-state index contributed by atoms with van der Waals surface area (Å²) in [4.78, 5) is 11.6. The highest BCUT2D eigenvalue weighted by atomic mass is 32.2. The molecule has 0 spiro atoms. The summed E-state index contributed by atoms with van der Waals surface area (Å²) in [6, 6.07) is 8.05. The van der Waals surface area contributed by atoms with Crippen molar-refractivity contribution in [1.29, 1.82) is 0 Å². The summed E-state index contributed by atoms with van der Waals surface area (Å²) < 4.78 is 2.02. The zero-order chi connectivity index (χ0) is 15.9. The van der Waals surface area contributed by atoms with Crippen molar-refractivity contribution in [3.8, 4) is 23.7 Å². The monoisotopic (exact) mass is 314 g/mol. The van der Waals surface area contributed by atoms with Gasteiger partial charge in [-0.05, 0) is 19.4 Å². The minimum Gasteiger partial charge on any atom is -0.344 e. The van der Waals surface area contributed by atoms with E-state index in [0.717, 1.165) is 28.7 Å². The first-order valence-electron chi connectivity index (χ1n) is 6.99. The molecule has 114 valence electrons. The van der Waals surface area contributed by atoms with Crippen LogP contribution in [0.5, 0.6) is 0 Å². The number of thioether (sulfide) groups is 1. The van der Waals surface area contributed by atoms with Crippen LogP contribution in [0.25, 0.3) is 11.4 Å². The molecule has 0 aliphatic carbocycles. The average molecular weight is 314 g/mol. The molecule has 0 bridgehead atoms. The van der Waals surface area contributed by atoms with E-state index in [-0.39, 0.29) is 18.2 Å². The molecule has 1 heterocycles. The third-order valence-corrected chi connectivity index (χ3v) is 4.11. The van der Waals surface area contributed by atoms with Gasteiger partial charge >= 0.3 is 0 Å². The highest BCUT2D eigenvalue weighted by molar-refractivity contribution is 7.99. The first-order valence-corrected chi connectivity index (χ1v) is 7.98. The fourth-order valence-electron chi connectivity index (χ4n) is 2.03. The molecule has 5 nitrogen and oxygen atoms in total. The first-order chi connectivity index (χ1) is 10.7.